The van der Waals surface area contributed by atoms with Gasteiger partial charge in [-0.1, -0.05) is 30.3 Å². The Bertz CT molecular complexity index is 948. The van der Waals surface area contributed by atoms with Crippen molar-refractivity contribution >= 4 is 16.9 Å². The zero-order chi connectivity index (χ0) is 18.6. The van der Waals surface area contributed by atoms with E-state index in [4.69, 9.17) is 9.72 Å². The van der Waals surface area contributed by atoms with Gasteiger partial charge in [-0.05, 0) is 31.0 Å². The number of carbonyl (C=O) groups excluding carboxylic acids is 1. The van der Waals surface area contributed by atoms with E-state index >= 15 is 0 Å². The fraction of sp³-hybridized carbons (Fsp3) is 0.333. The number of benzene rings is 2. The predicted octanol–water partition coefficient (Wildman–Crippen LogP) is 3.06. The zero-order valence-corrected chi connectivity index (χ0v) is 15.0. The lowest BCUT2D eigenvalue weighted by Gasteiger charge is -2.12. The molecule has 5 nitrogen and oxygen atoms in total. The van der Waals surface area contributed by atoms with Gasteiger partial charge in [0.1, 0.15) is 17.7 Å². The summed E-state index contributed by atoms with van der Waals surface area (Å²) in [6.07, 6.45) is 1.94. The van der Waals surface area contributed by atoms with Crippen LogP contribution in [-0.4, -0.2) is 34.7 Å². The first-order chi connectivity index (χ1) is 13.2. The average Bonchev–Trinajstić information content (AvgIpc) is 3.32. The van der Waals surface area contributed by atoms with E-state index in [1.54, 1.807) is 12.1 Å². The minimum Gasteiger partial charge on any atom is -0.368 e. The van der Waals surface area contributed by atoms with Gasteiger partial charge in [-0.3, -0.25) is 4.79 Å². The van der Waals surface area contributed by atoms with Crippen LogP contribution in [0, 0.1) is 5.82 Å². The summed E-state index contributed by atoms with van der Waals surface area (Å²) in [4.78, 5) is 16.8. The molecular formula is C21H22FN3O2. The van der Waals surface area contributed by atoms with Gasteiger partial charge in [0.25, 0.3) is 0 Å². The number of para-hydroxylation sites is 2. The molecule has 2 aromatic carbocycles. The molecule has 0 saturated carbocycles. The van der Waals surface area contributed by atoms with Crippen molar-refractivity contribution in [2.45, 2.75) is 31.9 Å². The van der Waals surface area contributed by atoms with Crippen LogP contribution in [-0.2, 0) is 22.5 Å². The van der Waals surface area contributed by atoms with E-state index in [0.29, 0.717) is 31.7 Å². The van der Waals surface area contributed by atoms with Crippen molar-refractivity contribution in [3.63, 3.8) is 0 Å². The van der Waals surface area contributed by atoms with Crippen LogP contribution in [0.3, 0.4) is 0 Å². The van der Waals surface area contributed by atoms with E-state index in [1.165, 1.54) is 6.07 Å². The minimum atomic E-state index is -0.331. The molecule has 0 aliphatic carbocycles. The lowest BCUT2D eigenvalue weighted by atomic mass is 10.2. The monoisotopic (exact) mass is 367 g/mol. The summed E-state index contributed by atoms with van der Waals surface area (Å²) in [7, 11) is 0. The van der Waals surface area contributed by atoms with E-state index in [9.17, 15) is 9.18 Å². The predicted molar refractivity (Wildman–Crippen MR) is 101 cm³/mol. The molecule has 6 heteroatoms. The average molecular weight is 367 g/mol. The van der Waals surface area contributed by atoms with Crippen LogP contribution < -0.4 is 5.32 Å². The smallest absolute Gasteiger partial charge is 0.249 e. The molecule has 1 atom stereocenters. The number of amides is 1. The number of fused-ring (bicyclic) bond motifs is 1. The van der Waals surface area contributed by atoms with Crippen LogP contribution in [0.1, 0.15) is 24.2 Å². The van der Waals surface area contributed by atoms with Crippen LogP contribution >= 0.6 is 0 Å². The molecule has 140 valence electrons. The molecule has 1 aliphatic heterocycles. The van der Waals surface area contributed by atoms with Gasteiger partial charge in [-0.15, -0.1) is 0 Å². The molecular weight excluding hydrogens is 345 g/mol. The molecule has 1 saturated heterocycles. The molecule has 0 radical (unpaired) electrons. The summed E-state index contributed by atoms with van der Waals surface area (Å²) in [5.74, 6) is 0.532. The number of carbonyl (C=O) groups is 1. The maximum absolute atomic E-state index is 14.1. The van der Waals surface area contributed by atoms with Crippen molar-refractivity contribution in [3.05, 3.63) is 65.7 Å². The first-order valence-corrected chi connectivity index (χ1v) is 9.29. The van der Waals surface area contributed by atoms with Crippen molar-refractivity contribution in [2.24, 2.45) is 0 Å². The number of nitrogens with one attached hydrogen (secondary N) is 1. The van der Waals surface area contributed by atoms with Gasteiger partial charge in [-0.2, -0.15) is 0 Å². The number of halogens is 1. The highest BCUT2D eigenvalue weighted by molar-refractivity contribution is 5.81. The third-order valence-electron chi connectivity index (χ3n) is 4.89. The number of rotatable bonds is 6. The third-order valence-corrected chi connectivity index (χ3v) is 4.89. The number of hydrogen-bond donors (Lipinski definition) is 1. The van der Waals surface area contributed by atoms with Gasteiger partial charge in [0.15, 0.2) is 0 Å². The van der Waals surface area contributed by atoms with Crippen LogP contribution in [0.2, 0.25) is 0 Å². The minimum absolute atomic E-state index is 0.0655. The highest BCUT2D eigenvalue weighted by atomic mass is 19.1. The fourth-order valence-electron chi connectivity index (χ4n) is 3.49. The third kappa shape index (κ3) is 3.85. The van der Waals surface area contributed by atoms with Crippen LogP contribution in [0.5, 0.6) is 0 Å². The van der Waals surface area contributed by atoms with Crippen LogP contribution in [0.4, 0.5) is 4.39 Å². The molecule has 0 bridgehead atoms. The van der Waals surface area contributed by atoms with Gasteiger partial charge >= 0.3 is 0 Å². The Morgan fingerprint density at radius 1 is 1.22 bits per heavy atom. The zero-order valence-electron chi connectivity index (χ0n) is 15.0. The maximum Gasteiger partial charge on any atom is 0.249 e. The second-order valence-electron chi connectivity index (χ2n) is 6.74. The molecule has 27 heavy (non-hydrogen) atoms. The summed E-state index contributed by atoms with van der Waals surface area (Å²) < 4.78 is 21.6. The number of hydrogen-bond acceptors (Lipinski definition) is 3. The Morgan fingerprint density at radius 3 is 2.85 bits per heavy atom. The van der Waals surface area contributed by atoms with Crippen molar-refractivity contribution in [3.8, 4) is 0 Å². The van der Waals surface area contributed by atoms with E-state index in [1.807, 2.05) is 34.9 Å². The Hall–Kier alpha value is -2.73. The lowest BCUT2D eigenvalue weighted by molar-refractivity contribution is -0.130. The van der Waals surface area contributed by atoms with Crippen molar-refractivity contribution in [2.75, 3.05) is 13.2 Å². The van der Waals surface area contributed by atoms with Crippen molar-refractivity contribution < 1.29 is 13.9 Å². The molecule has 3 aromatic rings. The summed E-state index contributed by atoms with van der Waals surface area (Å²) in [6.45, 7) is 1.53. The van der Waals surface area contributed by atoms with Crippen molar-refractivity contribution in [1.82, 2.24) is 14.9 Å². The topological polar surface area (TPSA) is 56.2 Å². The van der Waals surface area contributed by atoms with Gasteiger partial charge in [-0.25, -0.2) is 9.37 Å². The van der Waals surface area contributed by atoms with Gasteiger partial charge in [0.2, 0.25) is 5.91 Å². The van der Waals surface area contributed by atoms with Crippen molar-refractivity contribution in [1.29, 1.82) is 0 Å². The summed E-state index contributed by atoms with van der Waals surface area (Å²) >= 11 is 0. The lowest BCUT2D eigenvalue weighted by Crippen LogP contribution is -2.35. The normalized spacial score (nSPS) is 16.7. The molecule has 1 aromatic heterocycles. The Labute approximate surface area is 157 Å². The van der Waals surface area contributed by atoms with E-state index < -0.39 is 0 Å². The first kappa shape index (κ1) is 17.7. The summed E-state index contributed by atoms with van der Waals surface area (Å²) in [6, 6.07) is 14.6. The summed E-state index contributed by atoms with van der Waals surface area (Å²) in [5, 5.41) is 2.93. The second kappa shape index (κ2) is 7.88. The highest BCUT2D eigenvalue weighted by Gasteiger charge is 2.23. The Balaban J connectivity index is 1.53. The second-order valence-corrected chi connectivity index (χ2v) is 6.74. The van der Waals surface area contributed by atoms with Crippen LogP contribution in [0.15, 0.2) is 48.5 Å². The standard InChI is InChI=1S/C21H22FN3O2/c22-16-7-2-1-6-15(16)14-25-18-9-4-3-8-17(18)24-20(25)11-12-23-21(26)19-10-5-13-27-19/h1-4,6-9,19H,5,10-14H2,(H,23,26). The molecule has 1 N–H and O–H groups in total. The Morgan fingerprint density at radius 2 is 2.04 bits per heavy atom. The molecule has 4 rings (SSSR count). The molecule has 1 amide bonds. The largest absolute Gasteiger partial charge is 0.368 e. The highest BCUT2D eigenvalue weighted by Crippen LogP contribution is 2.19. The van der Waals surface area contributed by atoms with Gasteiger partial charge < -0.3 is 14.6 Å². The SMILES string of the molecule is O=C(NCCc1nc2ccccc2n1Cc1ccccc1F)C1CCCO1. The van der Waals surface area contributed by atoms with Gasteiger partial charge in [0, 0.05) is 25.1 Å². The molecule has 1 aliphatic rings. The summed E-state index contributed by atoms with van der Waals surface area (Å²) in [5.41, 5.74) is 2.45. The molecule has 1 unspecified atom stereocenters. The van der Waals surface area contributed by atoms with E-state index in [-0.39, 0.29) is 17.8 Å². The Kier molecular flexibility index (Phi) is 5.16. The quantitative estimate of drug-likeness (QED) is 0.729. The number of aromatic nitrogens is 2. The first-order valence-electron chi connectivity index (χ1n) is 9.29. The number of nitrogens with zero attached hydrogens (tertiary/aromatic N) is 2. The van der Waals surface area contributed by atoms with E-state index in [0.717, 1.165) is 29.7 Å². The number of ether oxygens (including phenoxy) is 1. The maximum atomic E-state index is 14.1. The fourth-order valence-corrected chi connectivity index (χ4v) is 3.49. The van der Waals surface area contributed by atoms with Crippen LogP contribution in [0.25, 0.3) is 11.0 Å². The van der Waals surface area contributed by atoms with E-state index in [2.05, 4.69) is 5.32 Å². The molecule has 2 heterocycles. The molecule has 0 spiro atoms. The number of imidazole rings is 1. The molecule has 1 fully saturated rings. The van der Waals surface area contributed by atoms with Gasteiger partial charge in [0.05, 0.1) is 17.6 Å².